The fourth-order valence-electron chi connectivity index (χ4n) is 5.50. The third-order valence-electron chi connectivity index (χ3n) is 7.84. The Balaban J connectivity index is 4.09. The lowest BCUT2D eigenvalue weighted by Crippen LogP contribution is -2.11. The van der Waals surface area contributed by atoms with Crippen molar-refractivity contribution >= 4 is 35.5 Å². The molecule has 0 rings (SSSR count). The topological polar surface area (TPSA) is 34.1 Å². The summed E-state index contributed by atoms with van der Waals surface area (Å²) in [4.78, 5) is 23.5. The van der Waals surface area contributed by atoms with Crippen molar-refractivity contribution in [2.24, 2.45) is 11.8 Å². The molecule has 214 valence electrons. The lowest BCUT2D eigenvalue weighted by atomic mass is 9.86. The summed E-state index contributed by atoms with van der Waals surface area (Å²) in [7, 11) is 0. The van der Waals surface area contributed by atoms with Crippen molar-refractivity contribution in [1.29, 1.82) is 0 Å². The molecule has 0 aliphatic heterocycles. The van der Waals surface area contributed by atoms with Crippen LogP contribution in [0.3, 0.4) is 0 Å². The Morgan fingerprint density at radius 1 is 0.417 bits per heavy atom. The van der Waals surface area contributed by atoms with E-state index in [4.69, 9.17) is 0 Å². The molecule has 2 unspecified atom stereocenters. The van der Waals surface area contributed by atoms with Crippen LogP contribution in [0.4, 0.5) is 0 Å². The number of hydrogen-bond donors (Lipinski definition) is 2. The van der Waals surface area contributed by atoms with Gasteiger partial charge in [-0.1, -0.05) is 142 Å². The summed E-state index contributed by atoms with van der Waals surface area (Å²) in [6.07, 6.45) is 32.4. The lowest BCUT2D eigenvalue weighted by Gasteiger charge is -2.20. The molecular formula is C32H62O2S2. The minimum Gasteiger partial charge on any atom is -0.287 e. The summed E-state index contributed by atoms with van der Waals surface area (Å²) < 4.78 is 0. The molecule has 0 aromatic rings. The normalized spacial score (nSPS) is 13.1. The second-order valence-corrected chi connectivity index (χ2v) is 12.4. The second kappa shape index (κ2) is 28.1. The van der Waals surface area contributed by atoms with Crippen LogP contribution in [0.5, 0.6) is 0 Å². The molecule has 0 N–H and O–H groups in total. The molecule has 0 heterocycles. The molecule has 2 atom stereocenters. The van der Waals surface area contributed by atoms with Crippen molar-refractivity contribution in [3.8, 4) is 0 Å². The zero-order chi connectivity index (χ0) is 26.7. The Hall–Kier alpha value is 0.0400. The van der Waals surface area contributed by atoms with E-state index in [1.807, 2.05) is 0 Å². The fourth-order valence-corrected chi connectivity index (χ4v) is 6.02. The molecule has 0 aliphatic rings. The predicted molar refractivity (Wildman–Crippen MR) is 166 cm³/mol. The van der Waals surface area contributed by atoms with E-state index >= 15 is 0 Å². The first kappa shape index (κ1) is 36.0. The molecule has 0 bridgehead atoms. The molecule has 0 saturated heterocycles. The van der Waals surface area contributed by atoms with E-state index in [2.05, 4.69) is 39.1 Å². The molecule has 4 heteroatoms. The molecule has 36 heavy (non-hydrogen) atoms. The summed E-state index contributed by atoms with van der Waals surface area (Å²) in [5.74, 6) is 0.851. The van der Waals surface area contributed by atoms with Crippen LogP contribution in [-0.2, 0) is 9.59 Å². The van der Waals surface area contributed by atoms with Gasteiger partial charge in [-0.25, -0.2) is 0 Å². The van der Waals surface area contributed by atoms with E-state index in [9.17, 15) is 9.59 Å². The van der Waals surface area contributed by atoms with E-state index in [-0.39, 0.29) is 10.2 Å². The Labute approximate surface area is 237 Å². The summed E-state index contributed by atoms with van der Waals surface area (Å²) >= 11 is 8.16. The minimum absolute atomic E-state index is 0.0172. The molecule has 0 spiro atoms. The van der Waals surface area contributed by atoms with E-state index in [0.29, 0.717) is 24.7 Å². The number of carbonyl (C=O) groups is 2. The highest BCUT2D eigenvalue weighted by atomic mass is 32.1. The highest BCUT2D eigenvalue weighted by molar-refractivity contribution is 7.96. The Kier molecular flexibility index (Phi) is 28.1. The average molecular weight is 543 g/mol. The molecule has 0 aromatic carbocycles. The zero-order valence-electron chi connectivity index (χ0n) is 24.3. The first-order valence-electron chi connectivity index (χ1n) is 15.9. The predicted octanol–water partition coefficient (Wildman–Crippen LogP) is 11.3. The van der Waals surface area contributed by atoms with E-state index in [1.54, 1.807) is 0 Å². The van der Waals surface area contributed by atoms with E-state index < -0.39 is 0 Å². The van der Waals surface area contributed by atoms with Crippen LogP contribution >= 0.6 is 25.3 Å². The molecule has 0 aromatic heterocycles. The van der Waals surface area contributed by atoms with Crippen LogP contribution in [0.2, 0.25) is 0 Å². The van der Waals surface area contributed by atoms with Crippen molar-refractivity contribution < 1.29 is 9.59 Å². The van der Waals surface area contributed by atoms with Crippen molar-refractivity contribution in [3.05, 3.63) is 0 Å². The van der Waals surface area contributed by atoms with Crippen molar-refractivity contribution in [3.63, 3.8) is 0 Å². The van der Waals surface area contributed by atoms with Gasteiger partial charge in [-0.15, -0.1) is 25.3 Å². The summed E-state index contributed by atoms with van der Waals surface area (Å²) in [6, 6.07) is 0. The van der Waals surface area contributed by atoms with Crippen LogP contribution in [0.25, 0.3) is 0 Å². The first-order chi connectivity index (χ1) is 17.5. The number of hydrogen-bond acceptors (Lipinski definition) is 2. The molecular weight excluding hydrogens is 480 g/mol. The number of rotatable bonds is 29. The largest absolute Gasteiger partial charge is 0.287 e. The number of thiol groups is 2. The van der Waals surface area contributed by atoms with Crippen molar-refractivity contribution in [1.82, 2.24) is 0 Å². The first-order valence-corrected chi connectivity index (χ1v) is 16.8. The monoisotopic (exact) mass is 542 g/mol. The molecule has 2 nitrogen and oxygen atoms in total. The van der Waals surface area contributed by atoms with Gasteiger partial charge in [-0.3, -0.25) is 9.59 Å². The summed E-state index contributed by atoms with van der Waals surface area (Å²) in [6.45, 7) is 4.54. The maximum atomic E-state index is 11.7. The van der Waals surface area contributed by atoms with Crippen LogP contribution in [0.1, 0.15) is 181 Å². The van der Waals surface area contributed by atoms with Gasteiger partial charge >= 0.3 is 0 Å². The molecule has 0 saturated carbocycles. The van der Waals surface area contributed by atoms with Crippen LogP contribution in [0, 0.1) is 11.8 Å². The second-order valence-electron chi connectivity index (χ2n) is 11.4. The fraction of sp³-hybridized carbons (Fsp3) is 0.938. The van der Waals surface area contributed by atoms with E-state index in [0.717, 1.165) is 25.7 Å². The Morgan fingerprint density at radius 2 is 0.667 bits per heavy atom. The van der Waals surface area contributed by atoms with Crippen molar-refractivity contribution in [2.45, 2.75) is 181 Å². The third kappa shape index (κ3) is 27.1. The minimum atomic E-state index is 0.0172. The molecule has 0 amide bonds. The van der Waals surface area contributed by atoms with Gasteiger partial charge in [-0.05, 0) is 37.5 Å². The van der Waals surface area contributed by atoms with Gasteiger partial charge in [-0.2, -0.15) is 0 Å². The average Bonchev–Trinajstić information content (AvgIpc) is 2.83. The third-order valence-corrected chi connectivity index (χ3v) is 8.21. The maximum Gasteiger partial charge on any atom is 0.186 e. The SMILES string of the molecule is CCCCCCCCCCCCC(CCC(CCCCCCCCCCCC)CC(=O)S)CC(=O)S. The van der Waals surface area contributed by atoms with Gasteiger partial charge in [0.1, 0.15) is 0 Å². The number of unbranched alkanes of at least 4 members (excludes halogenated alkanes) is 18. The van der Waals surface area contributed by atoms with Gasteiger partial charge in [0, 0.05) is 12.8 Å². The smallest absolute Gasteiger partial charge is 0.186 e. The van der Waals surface area contributed by atoms with Gasteiger partial charge < -0.3 is 0 Å². The van der Waals surface area contributed by atoms with Gasteiger partial charge in [0.15, 0.2) is 10.2 Å². The lowest BCUT2D eigenvalue weighted by molar-refractivity contribution is -0.112. The quantitative estimate of drug-likeness (QED) is 0.0728. The van der Waals surface area contributed by atoms with Crippen molar-refractivity contribution in [2.75, 3.05) is 0 Å². The van der Waals surface area contributed by atoms with Gasteiger partial charge in [0.05, 0.1) is 0 Å². The zero-order valence-corrected chi connectivity index (χ0v) is 26.0. The molecule has 0 aliphatic carbocycles. The Bertz CT molecular complexity index is 451. The van der Waals surface area contributed by atoms with Crippen LogP contribution < -0.4 is 0 Å². The summed E-state index contributed by atoms with van der Waals surface area (Å²) in [5.41, 5.74) is 0. The van der Waals surface area contributed by atoms with Gasteiger partial charge in [0.25, 0.3) is 0 Å². The van der Waals surface area contributed by atoms with E-state index in [1.165, 1.54) is 128 Å². The maximum absolute atomic E-state index is 11.7. The molecule has 0 radical (unpaired) electrons. The highest BCUT2D eigenvalue weighted by Gasteiger charge is 2.17. The van der Waals surface area contributed by atoms with Crippen LogP contribution in [0.15, 0.2) is 0 Å². The Morgan fingerprint density at radius 3 is 0.917 bits per heavy atom. The molecule has 0 fully saturated rings. The standard InChI is InChI=1S/C32H62O2S2/c1-3-5-7-9-11-13-15-17-19-21-23-29(27-31(33)35)25-26-30(28-32(34)36)24-22-20-18-16-14-12-10-8-6-4-2/h29-30H,3-28H2,1-2H3,(H,33,35)(H,34,36). The number of carbonyl (C=O) groups excluding carboxylic acids is 2. The highest BCUT2D eigenvalue weighted by Crippen LogP contribution is 2.28. The van der Waals surface area contributed by atoms with Crippen LogP contribution in [-0.4, -0.2) is 10.2 Å². The van der Waals surface area contributed by atoms with Gasteiger partial charge in [0.2, 0.25) is 0 Å². The summed E-state index contributed by atoms with van der Waals surface area (Å²) in [5, 5.41) is 0.0344.